The summed E-state index contributed by atoms with van der Waals surface area (Å²) < 4.78 is 79.0. The molecule has 0 atom stereocenters. The maximum absolute atomic E-state index is 13.8. The van der Waals surface area contributed by atoms with Gasteiger partial charge in [-0.15, -0.1) is 4.40 Å². The van der Waals surface area contributed by atoms with Crippen molar-refractivity contribution >= 4 is 33.4 Å². The van der Waals surface area contributed by atoms with Gasteiger partial charge < -0.3 is 10.8 Å². The molecule has 7 nitrogen and oxygen atoms in total. The third-order valence-electron chi connectivity index (χ3n) is 3.09. The summed E-state index contributed by atoms with van der Waals surface area (Å²) in [5, 5.41) is 8.22. The summed E-state index contributed by atoms with van der Waals surface area (Å²) in [7, 11) is -4.85. The lowest BCUT2D eigenvalue weighted by Gasteiger charge is -2.09. The quantitative estimate of drug-likeness (QED) is 0.441. The van der Waals surface area contributed by atoms with Crippen LogP contribution in [0.5, 0.6) is 0 Å². The highest BCUT2D eigenvalue weighted by atomic mass is 35.5. The molecule has 0 saturated carbocycles. The van der Waals surface area contributed by atoms with E-state index in [4.69, 9.17) is 22.4 Å². The average Bonchev–Trinajstić information content (AvgIpc) is 2.53. The van der Waals surface area contributed by atoms with Gasteiger partial charge in [0.1, 0.15) is 16.4 Å². The van der Waals surface area contributed by atoms with E-state index in [2.05, 4.69) is 9.38 Å². The summed E-state index contributed by atoms with van der Waals surface area (Å²) >= 11 is 5.63. The van der Waals surface area contributed by atoms with Gasteiger partial charge in [-0.25, -0.2) is 9.18 Å². The lowest BCUT2D eigenvalue weighted by molar-refractivity contribution is -0.137. The number of aromatic carboxylic acids is 1. The first-order chi connectivity index (χ1) is 12.3. The summed E-state index contributed by atoms with van der Waals surface area (Å²) in [6.07, 6.45) is -4.38. The first kappa shape index (κ1) is 20.6. The number of aromatic nitrogens is 1. The van der Waals surface area contributed by atoms with Gasteiger partial charge in [0.05, 0.1) is 16.1 Å². The molecular formula is C14H8ClF4N3O4S. The van der Waals surface area contributed by atoms with E-state index in [0.717, 1.165) is 6.07 Å². The van der Waals surface area contributed by atoms with Crippen molar-refractivity contribution in [2.75, 3.05) is 0 Å². The van der Waals surface area contributed by atoms with Gasteiger partial charge in [0, 0.05) is 6.20 Å². The van der Waals surface area contributed by atoms with Crippen molar-refractivity contribution in [1.29, 1.82) is 0 Å². The van der Waals surface area contributed by atoms with E-state index in [1.807, 2.05) is 0 Å². The van der Waals surface area contributed by atoms with Gasteiger partial charge in [-0.2, -0.15) is 21.6 Å². The number of amidine groups is 1. The maximum atomic E-state index is 13.8. The standard InChI is InChI=1S/C14H8ClF4N3O4S/c15-8-4-7(14(17,18)19)5-21-11(8)12(20)22-27(25,26)10-3-6(13(23)24)1-2-9(10)16/h1-5H,(H2,20,22)(H,23,24). The third kappa shape index (κ3) is 4.52. The number of alkyl halides is 3. The SMILES string of the molecule is N/C(=N\S(=O)(=O)c1cc(C(=O)O)ccc1F)c1ncc(C(F)(F)F)cc1Cl. The van der Waals surface area contributed by atoms with Crippen LogP contribution < -0.4 is 5.73 Å². The van der Waals surface area contributed by atoms with Crippen molar-refractivity contribution in [1.82, 2.24) is 4.98 Å². The number of carboxylic acid groups (broad SMARTS) is 1. The Morgan fingerprint density at radius 1 is 1.26 bits per heavy atom. The number of hydrogen-bond donors (Lipinski definition) is 2. The van der Waals surface area contributed by atoms with E-state index in [9.17, 15) is 30.8 Å². The van der Waals surface area contributed by atoms with Gasteiger partial charge in [0.2, 0.25) is 0 Å². The van der Waals surface area contributed by atoms with Crippen LogP contribution in [0.4, 0.5) is 17.6 Å². The number of carboxylic acids is 1. The van der Waals surface area contributed by atoms with E-state index < -0.39 is 60.6 Å². The topological polar surface area (TPSA) is 123 Å². The number of carbonyl (C=O) groups is 1. The monoisotopic (exact) mass is 425 g/mol. The second-order valence-corrected chi connectivity index (χ2v) is 6.93. The molecule has 0 bridgehead atoms. The molecule has 0 aliphatic rings. The molecule has 144 valence electrons. The Hall–Kier alpha value is -2.73. The predicted octanol–water partition coefficient (Wildman–Crippen LogP) is 2.69. The number of nitrogens with two attached hydrogens (primary N) is 1. The molecule has 1 aromatic carbocycles. The van der Waals surface area contributed by atoms with Gasteiger partial charge >= 0.3 is 12.1 Å². The van der Waals surface area contributed by atoms with E-state index in [1.165, 1.54) is 0 Å². The molecule has 3 N–H and O–H groups in total. The van der Waals surface area contributed by atoms with Crippen LogP contribution in [-0.2, 0) is 16.2 Å². The van der Waals surface area contributed by atoms with Crippen molar-refractivity contribution in [2.45, 2.75) is 11.1 Å². The van der Waals surface area contributed by atoms with E-state index in [-0.39, 0.29) is 0 Å². The Bertz CT molecular complexity index is 1050. The van der Waals surface area contributed by atoms with Crippen molar-refractivity contribution < 1.29 is 35.9 Å². The molecule has 1 heterocycles. The summed E-state index contributed by atoms with van der Waals surface area (Å²) in [6.45, 7) is 0. The second kappa shape index (κ2) is 7.12. The summed E-state index contributed by atoms with van der Waals surface area (Å²) in [5.41, 5.74) is 3.12. The normalized spacial score (nSPS) is 12.9. The molecule has 0 amide bonds. The minimum atomic E-state index is -4.85. The molecular weight excluding hydrogens is 418 g/mol. The highest BCUT2D eigenvalue weighted by Gasteiger charge is 2.32. The number of pyridine rings is 1. The fourth-order valence-corrected chi connectivity index (χ4v) is 3.13. The van der Waals surface area contributed by atoms with Crippen molar-refractivity contribution in [3.8, 4) is 0 Å². The molecule has 13 heteroatoms. The van der Waals surface area contributed by atoms with Crippen LogP contribution >= 0.6 is 11.6 Å². The van der Waals surface area contributed by atoms with E-state index >= 15 is 0 Å². The molecule has 0 aliphatic carbocycles. The molecule has 1 aromatic heterocycles. The van der Waals surface area contributed by atoms with Crippen LogP contribution in [0.2, 0.25) is 5.02 Å². The van der Waals surface area contributed by atoms with Crippen LogP contribution in [0.1, 0.15) is 21.6 Å². The van der Waals surface area contributed by atoms with Gasteiger partial charge in [0.25, 0.3) is 10.0 Å². The van der Waals surface area contributed by atoms with Gasteiger partial charge in [-0.05, 0) is 24.3 Å². The Kier molecular flexibility index (Phi) is 5.42. The van der Waals surface area contributed by atoms with Gasteiger partial charge in [-0.1, -0.05) is 11.6 Å². The van der Waals surface area contributed by atoms with E-state index in [1.54, 1.807) is 0 Å². The molecule has 0 aliphatic heterocycles. The fourth-order valence-electron chi connectivity index (χ4n) is 1.84. The number of nitrogens with zero attached hydrogens (tertiary/aromatic N) is 2. The van der Waals surface area contributed by atoms with Crippen LogP contribution in [0.15, 0.2) is 39.8 Å². The van der Waals surface area contributed by atoms with Crippen molar-refractivity contribution in [3.05, 3.63) is 58.1 Å². The second-order valence-electron chi connectivity index (χ2n) is 4.95. The molecule has 2 aromatic rings. The number of benzene rings is 1. The molecule has 2 rings (SSSR count). The molecule has 0 radical (unpaired) electrons. The smallest absolute Gasteiger partial charge is 0.417 e. The molecule has 0 spiro atoms. The molecule has 27 heavy (non-hydrogen) atoms. The Morgan fingerprint density at radius 3 is 2.41 bits per heavy atom. The zero-order chi connectivity index (χ0) is 20.6. The minimum Gasteiger partial charge on any atom is -0.478 e. The summed E-state index contributed by atoms with van der Waals surface area (Å²) in [6, 6.07) is 2.42. The Labute approximate surface area is 154 Å². The first-order valence-electron chi connectivity index (χ1n) is 6.69. The van der Waals surface area contributed by atoms with Crippen LogP contribution in [-0.4, -0.2) is 30.3 Å². The third-order valence-corrected chi connectivity index (χ3v) is 4.68. The molecule has 0 saturated heterocycles. The zero-order valence-corrected chi connectivity index (χ0v) is 14.4. The van der Waals surface area contributed by atoms with E-state index in [0.29, 0.717) is 24.4 Å². The Morgan fingerprint density at radius 2 is 1.89 bits per heavy atom. The highest BCUT2D eigenvalue weighted by molar-refractivity contribution is 7.90. The lowest BCUT2D eigenvalue weighted by Crippen LogP contribution is -2.19. The largest absolute Gasteiger partial charge is 0.478 e. The number of rotatable bonds is 4. The average molecular weight is 426 g/mol. The zero-order valence-electron chi connectivity index (χ0n) is 12.8. The fraction of sp³-hybridized carbons (Fsp3) is 0.0714. The predicted molar refractivity (Wildman–Crippen MR) is 85.5 cm³/mol. The van der Waals surface area contributed by atoms with Crippen LogP contribution in [0.3, 0.4) is 0 Å². The lowest BCUT2D eigenvalue weighted by atomic mass is 10.2. The van der Waals surface area contributed by atoms with Crippen LogP contribution in [0.25, 0.3) is 0 Å². The highest BCUT2D eigenvalue weighted by Crippen LogP contribution is 2.31. The molecule has 0 unspecified atom stereocenters. The maximum Gasteiger partial charge on any atom is 0.417 e. The Balaban J connectivity index is 2.52. The van der Waals surface area contributed by atoms with Crippen molar-refractivity contribution in [2.24, 2.45) is 10.1 Å². The first-order valence-corrected chi connectivity index (χ1v) is 8.51. The van der Waals surface area contributed by atoms with Crippen LogP contribution in [0, 0.1) is 5.82 Å². The summed E-state index contributed by atoms with van der Waals surface area (Å²) in [5.74, 6) is -3.73. The number of halogens is 5. The van der Waals surface area contributed by atoms with Gasteiger partial charge in [-0.3, -0.25) is 4.98 Å². The molecule has 0 fully saturated rings. The van der Waals surface area contributed by atoms with Gasteiger partial charge in [0.15, 0.2) is 5.84 Å². The minimum absolute atomic E-state index is 0.363. The van der Waals surface area contributed by atoms with Crippen molar-refractivity contribution in [3.63, 3.8) is 0 Å². The summed E-state index contributed by atoms with van der Waals surface area (Å²) in [4.78, 5) is 13.1. The number of sulfonamides is 1. The number of hydrogen-bond acceptors (Lipinski definition) is 4.